The average molecular weight is 419 g/mol. The first-order chi connectivity index (χ1) is 12.6. The number of hydrogen-bond acceptors (Lipinski definition) is 4. The molecule has 0 aliphatic carbocycles. The van der Waals surface area contributed by atoms with E-state index in [1.165, 1.54) is 0 Å². The van der Waals surface area contributed by atoms with Gasteiger partial charge >= 0.3 is 11.9 Å². The van der Waals surface area contributed by atoms with Gasteiger partial charge in [0.2, 0.25) is 0 Å². The third kappa shape index (κ3) is 6.30. The van der Waals surface area contributed by atoms with Crippen molar-refractivity contribution in [2.45, 2.75) is 38.4 Å². The Labute approximate surface area is 162 Å². The third-order valence-corrected chi connectivity index (χ3v) is 4.44. The Bertz CT molecular complexity index is 688. The van der Waals surface area contributed by atoms with Crippen molar-refractivity contribution in [1.29, 1.82) is 0 Å². The van der Waals surface area contributed by atoms with Crippen LogP contribution < -0.4 is 0 Å². The van der Waals surface area contributed by atoms with Gasteiger partial charge in [0.1, 0.15) is 12.2 Å². The van der Waals surface area contributed by atoms with Crippen LogP contribution in [0.15, 0.2) is 60.7 Å². The maximum Gasteiger partial charge on any atom is 0.338 e. The molecule has 2 unspecified atom stereocenters. The highest BCUT2D eigenvalue weighted by molar-refractivity contribution is 9.09. The molecule has 0 aromatic heterocycles. The van der Waals surface area contributed by atoms with Crippen LogP contribution in [0.3, 0.4) is 0 Å². The van der Waals surface area contributed by atoms with E-state index in [9.17, 15) is 9.59 Å². The van der Waals surface area contributed by atoms with Crippen LogP contribution in [0.2, 0.25) is 0 Å². The van der Waals surface area contributed by atoms with Crippen molar-refractivity contribution in [1.82, 2.24) is 0 Å². The molecule has 0 aliphatic rings. The van der Waals surface area contributed by atoms with Crippen LogP contribution in [0.25, 0.3) is 0 Å². The predicted octanol–water partition coefficient (Wildman–Crippen LogP) is 5.02. The number of carbonyl (C=O) groups is 2. The molecule has 26 heavy (non-hydrogen) atoms. The minimum Gasteiger partial charge on any atom is -0.459 e. The van der Waals surface area contributed by atoms with Crippen LogP contribution in [-0.2, 0) is 9.47 Å². The number of ether oxygens (including phenoxy) is 2. The molecule has 2 atom stereocenters. The van der Waals surface area contributed by atoms with Crippen LogP contribution in [0.1, 0.15) is 46.9 Å². The van der Waals surface area contributed by atoms with Crippen molar-refractivity contribution in [3.8, 4) is 0 Å². The maximum absolute atomic E-state index is 12.3. The summed E-state index contributed by atoms with van der Waals surface area (Å²) in [5, 5.41) is 0.697. The highest BCUT2D eigenvalue weighted by Crippen LogP contribution is 2.17. The quantitative estimate of drug-likeness (QED) is 0.423. The van der Waals surface area contributed by atoms with Gasteiger partial charge in [-0.2, -0.15) is 0 Å². The van der Waals surface area contributed by atoms with Crippen molar-refractivity contribution in [3.63, 3.8) is 0 Å². The second-order valence-electron chi connectivity index (χ2n) is 5.91. The van der Waals surface area contributed by atoms with Gasteiger partial charge in [0.05, 0.1) is 11.1 Å². The molecular formula is C21H23BrO4. The van der Waals surface area contributed by atoms with E-state index in [2.05, 4.69) is 15.9 Å². The smallest absolute Gasteiger partial charge is 0.338 e. The molecule has 0 N–H and O–H groups in total. The summed E-state index contributed by atoms with van der Waals surface area (Å²) in [5.74, 6) is -0.717. The van der Waals surface area contributed by atoms with Crippen molar-refractivity contribution in [2.24, 2.45) is 0 Å². The maximum atomic E-state index is 12.3. The van der Waals surface area contributed by atoms with E-state index >= 15 is 0 Å². The molecule has 2 rings (SSSR count). The lowest BCUT2D eigenvalue weighted by Crippen LogP contribution is -2.27. The molecule has 0 spiro atoms. The standard InChI is InChI=1S/C21H23BrO4/c1-2-18(25-20(23)16-9-5-3-6-10-16)15-19(13-14-22)26-21(24)17-11-7-4-8-12-17/h3-12,18-19H,2,13-15H2,1H3. The van der Waals surface area contributed by atoms with E-state index in [1.54, 1.807) is 48.5 Å². The van der Waals surface area contributed by atoms with E-state index in [0.29, 0.717) is 35.7 Å². The van der Waals surface area contributed by atoms with Crippen LogP contribution in [-0.4, -0.2) is 29.5 Å². The summed E-state index contributed by atoms with van der Waals surface area (Å²) in [7, 11) is 0. The molecule has 0 fully saturated rings. The lowest BCUT2D eigenvalue weighted by molar-refractivity contribution is -0.00155. The lowest BCUT2D eigenvalue weighted by Gasteiger charge is -2.23. The summed E-state index contributed by atoms with van der Waals surface area (Å²) in [5.41, 5.74) is 1.03. The molecule has 0 radical (unpaired) electrons. The fraction of sp³-hybridized carbons (Fsp3) is 0.333. The zero-order valence-corrected chi connectivity index (χ0v) is 16.4. The Morgan fingerprint density at radius 3 is 1.73 bits per heavy atom. The van der Waals surface area contributed by atoms with E-state index in [4.69, 9.17) is 9.47 Å². The third-order valence-electron chi connectivity index (χ3n) is 3.98. The van der Waals surface area contributed by atoms with E-state index in [0.717, 1.165) is 0 Å². The number of hydrogen-bond donors (Lipinski definition) is 0. The Hall–Kier alpha value is -2.14. The summed E-state index contributed by atoms with van der Waals surface area (Å²) >= 11 is 3.40. The van der Waals surface area contributed by atoms with Crippen molar-refractivity contribution < 1.29 is 19.1 Å². The minimum absolute atomic E-state index is 0.310. The molecule has 138 valence electrons. The molecule has 0 aliphatic heterocycles. The second-order valence-corrected chi connectivity index (χ2v) is 6.70. The van der Waals surface area contributed by atoms with Crippen LogP contribution in [0.5, 0.6) is 0 Å². The van der Waals surface area contributed by atoms with E-state index in [-0.39, 0.29) is 24.1 Å². The minimum atomic E-state index is -0.360. The first-order valence-corrected chi connectivity index (χ1v) is 9.84. The number of alkyl halides is 1. The van der Waals surface area contributed by atoms with Gasteiger partial charge in [0.15, 0.2) is 0 Å². The second kappa shape index (κ2) is 10.8. The number of carbonyl (C=O) groups excluding carboxylic acids is 2. The lowest BCUT2D eigenvalue weighted by atomic mass is 10.1. The summed E-state index contributed by atoms with van der Waals surface area (Å²) < 4.78 is 11.2. The van der Waals surface area contributed by atoms with Gasteiger partial charge in [-0.05, 0) is 37.1 Å². The summed E-state index contributed by atoms with van der Waals surface area (Å²) in [6.45, 7) is 1.95. The summed E-state index contributed by atoms with van der Waals surface area (Å²) in [6, 6.07) is 17.8. The van der Waals surface area contributed by atoms with Gasteiger partial charge in [-0.15, -0.1) is 0 Å². The molecule has 0 saturated heterocycles. The molecule has 2 aromatic rings. The topological polar surface area (TPSA) is 52.6 Å². The Kier molecular flexibility index (Phi) is 8.35. The highest BCUT2D eigenvalue weighted by Gasteiger charge is 2.22. The number of benzene rings is 2. The van der Waals surface area contributed by atoms with Gasteiger partial charge in [-0.3, -0.25) is 0 Å². The van der Waals surface area contributed by atoms with Gasteiger partial charge in [0, 0.05) is 11.8 Å². The number of halogens is 1. The largest absolute Gasteiger partial charge is 0.459 e. The first-order valence-electron chi connectivity index (χ1n) is 8.72. The first kappa shape index (κ1) is 20.2. The zero-order valence-electron chi connectivity index (χ0n) is 14.8. The molecular weight excluding hydrogens is 396 g/mol. The Morgan fingerprint density at radius 1 is 0.846 bits per heavy atom. The summed E-state index contributed by atoms with van der Waals surface area (Å²) in [4.78, 5) is 24.6. The normalized spacial score (nSPS) is 12.8. The zero-order chi connectivity index (χ0) is 18.8. The fourth-order valence-corrected chi connectivity index (χ4v) is 3.04. The van der Waals surface area contributed by atoms with Gasteiger partial charge in [-0.1, -0.05) is 59.3 Å². The Morgan fingerprint density at radius 2 is 1.31 bits per heavy atom. The number of rotatable bonds is 9. The van der Waals surface area contributed by atoms with E-state index in [1.807, 2.05) is 19.1 Å². The molecule has 0 heterocycles. The van der Waals surface area contributed by atoms with Crippen molar-refractivity contribution in [3.05, 3.63) is 71.8 Å². The molecule has 0 amide bonds. The average Bonchev–Trinajstić information content (AvgIpc) is 2.68. The van der Waals surface area contributed by atoms with Gasteiger partial charge in [-0.25, -0.2) is 9.59 Å². The SMILES string of the molecule is CCC(CC(CCBr)OC(=O)c1ccccc1)OC(=O)c1ccccc1. The molecule has 2 aromatic carbocycles. The monoisotopic (exact) mass is 418 g/mol. The molecule has 5 heteroatoms. The Balaban J connectivity index is 1.97. The van der Waals surface area contributed by atoms with Crippen LogP contribution in [0.4, 0.5) is 0 Å². The number of esters is 2. The van der Waals surface area contributed by atoms with Crippen LogP contribution >= 0.6 is 15.9 Å². The van der Waals surface area contributed by atoms with Gasteiger partial charge < -0.3 is 9.47 Å². The van der Waals surface area contributed by atoms with E-state index < -0.39 is 0 Å². The molecule has 4 nitrogen and oxygen atoms in total. The molecule has 0 bridgehead atoms. The van der Waals surface area contributed by atoms with Gasteiger partial charge in [0.25, 0.3) is 0 Å². The predicted molar refractivity (Wildman–Crippen MR) is 105 cm³/mol. The fourth-order valence-electron chi connectivity index (χ4n) is 2.53. The summed E-state index contributed by atoms with van der Waals surface area (Å²) in [6.07, 6.45) is 1.14. The van der Waals surface area contributed by atoms with Crippen LogP contribution in [0, 0.1) is 0 Å². The highest BCUT2D eigenvalue weighted by atomic mass is 79.9. The molecule has 0 saturated carbocycles. The van der Waals surface area contributed by atoms with Crippen molar-refractivity contribution in [2.75, 3.05) is 5.33 Å². The van der Waals surface area contributed by atoms with Crippen molar-refractivity contribution >= 4 is 27.9 Å².